The van der Waals surface area contributed by atoms with Crippen molar-refractivity contribution in [2.75, 3.05) is 6.61 Å². The second kappa shape index (κ2) is 5.96. The molecule has 0 aliphatic carbocycles. The molecule has 2 N–H and O–H groups in total. The molecule has 0 heterocycles. The molecule has 1 aromatic rings. The molecule has 0 amide bonds. The Kier molecular flexibility index (Phi) is 4.89. The topological polar surface area (TPSA) is 52.3 Å². The van der Waals surface area contributed by atoms with Crippen LogP contribution < -0.4 is 5.73 Å². The summed E-state index contributed by atoms with van der Waals surface area (Å²) in [5.74, 6) is -0.921. The van der Waals surface area contributed by atoms with E-state index >= 15 is 0 Å². The minimum Gasteiger partial charge on any atom is -0.464 e. The van der Waals surface area contributed by atoms with Gasteiger partial charge in [0.25, 0.3) is 0 Å². The van der Waals surface area contributed by atoms with Crippen molar-refractivity contribution in [2.45, 2.75) is 19.1 Å². The molecule has 5 heteroatoms. The van der Waals surface area contributed by atoms with Gasteiger partial charge in [-0.1, -0.05) is 28.1 Å². The largest absolute Gasteiger partial charge is 0.464 e. The maximum Gasteiger partial charge on any atom is 0.342 e. The Hall–Kier alpha value is -0.940. The van der Waals surface area contributed by atoms with E-state index in [1.54, 1.807) is 31.2 Å². The number of carbonyl (C=O) groups excluding carboxylic acids is 1. The van der Waals surface area contributed by atoms with Gasteiger partial charge in [-0.2, -0.15) is 0 Å². The maximum atomic E-state index is 13.6. The first kappa shape index (κ1) is 13.1. The summed E-state index contributed by atoms with van der Waals surface area (Å²) in [4.78, 5) is 11.2. The van der Waals surface area contributed by atoms with Gasteiger partial charge < -0.3 is 10.5 Å². The number of esters is 1. The monoisotopic (exact) mass is 289 g/mol. The number of rotatable bonds is 4. The third kappa shape index (κ3) is 3.28. The Morgan fingerprint density at radius 1 is 1.62 bits per heavy atom. The lowest BCUT2D eigenvalue weighted by molar-refractivity contribution is -0.149. The fraction of sp³-hybridized carbons (Fsp3) is 0.364. The smallest absolute Gasteiger partial charge is 0.342 e. The Morgan fingerprint density at radius 3 is 2.88 bits per heavy atom. The highest BCUT2D eigenvalue weighted by molar-refractivity contribution is 9.10. The molecule has 0 radical (unpaired) electrons. The molecule has 3 nitrogen and oxygen atoms in total. The zero-order chi connectivity index (χ0) is 12.1. The van der Waals surface area contributed by atoms with Gasteiger partial charge in [0, 0.05) is 4.47 Å². The lowest BCUT2D eigenvalue weighted by Crippen LogP contribution is -2.31. The van der Waals surface area contributed by atoms with Crippen LogP contribution in [0.2, 0.25) is 0 Å². The van der Waals surface area contributed by atoms with Crippen molar-refractivity contribution in [1.82, 2.24) is 0 Å². The summed E-state index contributed by atoms with van der Waals surface area (Å²) in [5, 5.41) is 0. The predicted octanol–water partition coefficient (Wildman–Crippen LogP) is 2.35. The minimum absolute atomic E-state index is 0.143. The Morgan fingerprint density at radius 2 is 2.31 bits per heavy atom. The second-order valence-electron chi connectivity index (χ2n) is 3.23. The fourth-order valence-corrected chi connectivity index (χ4v) is 1.67. The van der Waals surface area contributed by atoms with Crippen LogP contribution in [0.3, 0.4) is 0 Å². The van der Waals surface area contributed by atoms with E-state index in [0.29, 0.717) is 5.56 Å². The zero-order valence-electron chi connectivity index (χ0n) is 8.82. The van der Waals surface area contributed by atoms with Crippen LogP contribution in [-0.4, -0.2) is 18.7 Å². The minimum atomic E-state index is -1.84. The van der Waals surface area contributed by atoms with Gasteiger partial charge in [0.05, 0.1) is 12.6 Å². The highest BCUT2D eigenvalue weighted by atomic mass is 79.9. The van der Waals surface area contributed by atoms with Crippen molar-refractivity contribution >= 4 is 21.9 Å². The molecule has 0 aromatic heterocycles. The Balaban J connectivity index is 2.77. The first-order valence-corrected chi connectivity index (χ1v) is 5.67. The summed E-state index contributed by atoms with van der Waals surface area (Å²) in [6, 6.07) is 5.87. The molecule has 0 aliphatic rings. The average Bonchev–Trinajstić information content (AvgIpc) is 2.27. The number of halogens is 2. The highest BCUT2D eigenvalue weighted by Crippen LogP contribution is 2.21. The van der Waals surface area contributed by atoms with Crippen LogP contribution >= 0.6 is 15.9 Å². The Labute approximate surface area is 102 Å². The van der Waals surface area contributed by atoms with Crippen LogP contribution in [-0.2, 0) is 9.53 Å². The quantitative estimate of drug-likeness (QED) is 0.866. The average molecular weight is 290 g/mol. The molecule has 1 aromatic carbocycles. The summed E-state index contributed by atoms with van der Waals surface area (Å²) < 4.78 is 18.9. The number of ether oxygens (including phenoxy) is 1. The number of carbonyl (C=O) groups is 1. The van der Waals surface area contributed by atoms with Crippen molar-refractivity contribution in [1.29, 1.82) is 0 Å². The molecule has 88 valence electrons. The molecule has 2 atom stereocenters. The fourth-order valence-electron chi connectivity index (χ4n) is 1.25. The number of benzene rings is 1. The molecule has 0 fully saturated rings. The van der Waals surface area contributed by atoms with E-state index in [0.717, 1.165) is 4.47 Å². The van der Waals surface area contributed by atoms with Crippen molar-refractivity contribution in [3.63, 3.8) is 0 Å². The van der Waals surface area contributed by atoms with Crippen LogP contribution in [0.5, 0.6) is 0 Å². The predicted molar refractivity (Wildman–Crippen MR) is 62.6 cm³/mol. The molecule has 0 aliphatic heterocycles. The van der Waals surface area contributed by atoms with E-state index in [4.69, 9.17) is 5.73 Å². The van der Waals surface area contributed by atoms with Crippen LogP contribution in [0.15, 0.2) is 28.7 Å². The molecular weight excluding hydrogens is 277 g/mol. The maximum absolute atomic E-state index is 13.6. The molecular formula is C11H13BrFNO2. The Bertz CT molecular complexity index is 373. The number of hydrogen-bond acceptors (Lipinski definition) is 3. The molecule has 0 saturated heterocycles. The SMILES string of the molecule is CCOC(=O)C(F)[C@@H](N)c1cccc(Br)c1. The number of alkyl halides is 1. The lowest BCUT2D eigenvalue weighted by Gasteiger charge is -2.15. The molecule has 0 spiro atoms. The van der Waals surface area contributed by atoms with Gasteiger partial charge in [0.2, 0.25) is 6.17 Å². The third-order valence-electron chi connectivity index (χ3n) is 2.06. The van der Waals surface area contributed by atoms with Gasteiger partial charge in [-0.15, -0.1) is 0 Å². The van der Waals surface area contributed by atoms with E-state index in [1.807, 2.05) is 0 Å². The summed E-state index contributed by atoms with van der Waals surface area (Å²) in [6.07, 6.45) is -1.84. The van der Waals surface area contributed by atoms with E-state index in [9.17, 15) is 9.18 Å². The molecule has 0 saturated carbocycles. The van der Waals surface area contributed by atoms with Gasteiger partial charge >= 0.3 is 5.97 Å². The second-order valence-corrected chi connectivity index (χ2v) is 4.15. The molecule has 16 heavy (non-hydrogen) atoms. The van der Waals surface area contributed by atoms with Gasteiger partial charge in [0.15, 0.2) is 0 Å². The lowest BCUT2D eigenvalue weighted by atomic mass is 10.0. The van der Waals surface area contributed by atoms with E-state index in [-0.39, 0.29) is 6.61 Å². The van der Waals surface area contributed by atoms with Gasteiger partial charge in [-0.3, -0.25) is 0 Å². The first-order valence-electron chi connectivity index (χ1n) is 4.88. The van der Waals surface area contributed by atoms with Crippen molar-refractivity contribution in [2.24, 2.45) is 5.73 Å². The van der Waals surface area contributed by atoms with Crippen LogP contribution in [0, 0.1) is 0 Å². The number of nitrogens with two attached hydrogens (primary N) is 1. The van der Waals surface area contributed by atoms with Gasteiger partial charge in [-0.25, -0.2) is 9.18 Å². The van der Waals surface area contributed by atoms with Gasteiger partial charge in [-0.05, 0) is 24.6 Å². The normalized spacial score (nSPS) is 14.2. The van der Waals surface area contributed by atoms with Crippen LogP contribution in [0.1, 0.15) is 18.5 Å². The van der Waals surface area contributed by atoms with Crippen molar-refractivity contribution in [3.05, 3.63) is 34.3 Å². The van der Waals surface area contributed by atoms with E-state index < -0.39 is 18.2 Å². The first-order chi connectivity index (χ1) is 7.56. The van der Waals surface area contributed by atoms with Crippen LogP contribution in [0.25, 0.3) is 0 Å². The summed E-state index contributed by atoms with van der Waals surface area (Å²) in [7, 11) is 0. The molecule has 1 unspecified atom stereocenters. The third-order valence-corrected chi connectivity index (χ3v) is 2.55. The summed E-state index contributed by atoms with van der Waals surface area (Å²) in [6.45, 7) is 1.76. The van der Waals surface area contributed by atoms with Crippen LogP contribution in [0.4, 0.5) is 4.39 Å². The van der Waals surface area contributed by atoms with E-state index in [1.165, 1.54) is 0 Å². The van der Waals surface area contributed by atoms with E-state index in [2.05, 4.69) is 20.7 Å². The molecule has 1 rings (SSSR count). The zero-order valence-corrected chi connectivity index (χ0v) is 10.4. The van der Waals surface area contributed by atoms with Crippen molar-refractivity contribution < 1.29 is 13.9 Å². The molecule has 0 bridgehead atoms. The standard InChI is InChI=1S/C11H13BrFNO2/c1-2-16-11(15)9(13)10(14)7-4-3-5-8(12)6-7/h3-6,9-10H,2,14H2,1H3/t9?,10-/m0/s1. The summed E-state index contributed by atoms with van der Waals surface area (Å²) in [5.41, 5.74) is 6.19. The van der Waals surface area contributed by atoms with Gasteiger partial charge in [0.1, 0.15) is 0 Å². The van der Waals surface area contributed by atoms with Crippen molar-refractivity contribution in [3.8, 4) is 0 Å². The summed E-state index contributed by atoms with van der Waals surface area (Å²) >= 11 is 3.25. The number of hydrogen-bond donors (Lipinski definition) is 1. The highest BCUT2D eigenvalue weighted by Gasteiger charge is 2.27.